The van der Waals surface area contributed by atoms with E-state index in [-0.39, 0.29) is 40.0 Å². The number of hydrogen-bond acceptors (Lipinski definition) is 7. The highest BCUT2D eigenvalue weighted by Crippen LogP contribution is 2.32. The Labute approximate surface area is 205 Å². The molecule has 0 spiro atoms. The molecule has 4 aromatic rings. The first-order valence-electron chi connectivity index (χ1n) is 10.9. The predicted octanol–water partition coefficient (Wildman–Crippen LogP) is 4.27. The van der Waals surface area contributed by atoms with Gasteiger partial charge in [-0.2, -0.15) is 18.2 Å². The molecule has 2 amide bonds. The van der Waals surface area contributed by atoms with E-state index < -0.39 is 29.6 Å². The first-order valence-corrected chi connectivity index (χ1v) is 10.9. The maximum atomic E-state index is 14.7. The van der Waals surface area contributed by atoms with Crippen molar-refractivity contribution >= 4 is 23.3 Å². The summed E-state index contributed by atoms with van der Waals surface area (Å²) >= 11 is 0. The molecule has 0 unspecified atom stereocenters. The fraction of sp³-hybridized carbons (Fsp3) is 0.261. The van der Waals surface area contributed by atoms with Crippen LogP contribution in [0.3, 0.4) is 0 Å². The van der Waals surface area contributed by atoms with Crippen LogP contribution in [-0.4, -0.2) is 56.6 Å². The molecule has 14 heteroatoms. The summed E-state index contributed by atoms with van der Waals surface area (Å²) in [5.74, 6) is -1.18. The molecule has 0 atom stereocenters. The third-order valence-corrected chi connectivity index (χ3v) is 6.03. The maximum absolute atomic E-state index is 14.7. The van der Waals surface area contributed by atoms with Gasteiger partial charge in [0.05, 0.1) is 24.8 Å². The fourth-order valence-corrected chi connectivity index (χ4v) is 3.88. The zero-order chi connectivity index (χ0) is 26.5. The topological polar surface area (TPSA) is 115 Å². The number of alkyl halides is 3. The molecule has 3 aromatic heterocycles. The Morgan fingerprint density at radius 1 is 1.22 bits per heavy atom. The molecule has 0 saturated carbocycles. The molecule has 0 aliphatic carbocycles. The van der Waals surface area contributed by atoms with Crippen LogP contribution in [0.5, 0.6) is 0 Å². The molecule has 1 aromatic carbocycles. The minimum absolute atomic E-state index is 0.00963. The van der Waals surface area contributed by atoms with Gasteiger partial charge in [0.15, 0.2) is 5.82 Å². The van der Waals surface area contributed by atoms with Gasteiger partial charge in [0.1, 0.15) is 17.2 Å². The van der Waals surface area contributed by atoms with Crippen LogP contribution in [0.4, 0.5) is 28.0 Å². The molecule has 4 heterocycles. The van der Waals surface area contributed by atoms with Crippen LogP contribution in [0.25, 0.3) is 17.1 Å². The third kappa shape index (κ3) is 4.45. The summed E-state index contributed by atoms with van der Waals surface area (Å²) < 4.78 is 64.8. The van der Waals surface area contributed by atoms with Crippen molar-refractivity contribution in [3.05, 3.63) is 65.1 Å². The van der Waals surface area contributed by atoms with E-state index in [1.165, 1.54) is 35.5 Å². The summed E-state index contributed by atoms with van der Waals surface area (Å²) in [6, 6.07) is 4.27. The number of hydrogen-bond donors (Lipinski definition) is 1. The van der Waals surface area contributed by atoms with E-state index >= 15 is 0 Å². The number of carbonyl (C=O) groups is 2. The Balaban J connectivity index is 1.37. The predicted molar refractivity (Wildman–Crippen MR) is 119 cm³/mol. The van der Waals surface area contributed by atoms with Crippen molar-refractivity contribution < 1.29 is 36.4 Å². The second kappa shape index (κ2) is 8.87. The number of likely N-dealkylation sites (tertiary alicyclic amines) is 1. The van der Waals surface area contributed by atoms with Gasteiger partial charge in [0.2, 0.25) is 0 Å². The minimum atomic E-state index is -4.56. The highest BCUT2D eigenvalue weighted by Gasteiger charge is 2.36. The zero-order valence-corrected chi connectivity index (χ0v) is 19.3. The van der Waals surface area contributed by atoms with E-state index in [2.05, 4.69) is 25.2 Å². The van der Waals surface area contributed by atoms with Crippen molar-refractivity contribution in [3.8, 4) is 11.5 Å². The molecule has 0 bridgehead atoms. The lowest BCUT2D eigenvalue weighted by Gasteiger charge is -2.35. The van der Waals surface area contributed by atoms with Crippen LogP contribution in [0.2, 0.25) is 0 Å². The number of halogens is 4. The van der Waals surface area contributed by atoms with Crippen LogP contribution in [0, 0.1) is 12.7 Å². The number of carbonyl (C=O) groups excluding carboxylic acids is 2. The van der Waals surface area contributed by atoms with Crippen molar-refractivity contribution in [3.63, 3.8) is 0 Å². The average molecular weight is 518 g/mol. The van der Waals surface area contributed by atoms with Gasteiger partial charge in [-0.05, 0) is 31.2 Å². The van der Waals surface area contributed by atoms with Gasteiger partial charge in [-0.1, -0.05) is 5.16 Å². The molecule has 10 nitrogen and oxygen atoms in total. The molecule has 1 aliphatic rings. The average Bonchev–Trinajstić information content (AvgIpc) is 3.47. The van der Waals surface area contributed by atoms with Gasteiger partial charge < -0.3 is 19.5 Å². The number of nitrogens with one attached hydrogen (secondary N) is 1. The van der Waals surface area contributed by atoms with Gasteiger partial charge in [0.25, 0.3) is 11.8 Å². The molecular weight excluding hydrogens is 500 g/mol. The van der Waals surface area contributed by atoms with E-state index in [0.717, 1.165) is 24.5 Å². The summed E-state index contributed by atoms with van der Waals surface area (Å²) in [5.41, 5.74) is -0.595. The molecule has 1 N–H and O–H groups in total. The number of fused-ring (bicyclic) bond motifs is 1. The third-order valence-electron chi connectivity index (χ3n) is 6.03. The highest BCUT2D eigenvalue weighted by atomic mass is 19.4. The first kappa shape index (κ1) is 24.2. The Morgan fingerprint density at radius 3 is 2.68 bits per heavy atom. The number of benzene rings is 1. The fourth-order valence-electron chi connectivity index (χ4n) is 3.88. The van der Waals surface area contributed by atoms with E-state index in [4.69, 9.17) is 4.52 Å². The van der Waals surface area contributed by atoms with Crippen LogP contribution in [-0.2, 0) is 10.9 Å². The smallest absolute Gasteiger partial charge is 0.416 e. The number of aromatic nitrogens is 4. The van der Waals surface area contributed by atoms with E-state index in [9.17, 15) is 27.2 Å². The van der Waals surface area contributed by atoms with Crippen LogP contribution in [0.1, 0.15) is 33.4 Å². The van der Waals surface area contributed by atoms with E-state index in [0.29, 0.717) is 18.9 Å². The van der Waals surface area contributed by atoms with E-state index in [1.54, 1.807) is 0 Å². The van der Waals surface area contributed by atoms with Gasteiger partial charge >= 0.3 is 12.3 Å². The number of anilines is 1. The number of ether oxygens (including phenoxy) is 1. The van der Waals surface area contributed by atoms with Crippen LogP contribution in [0.15, 0.2) is 41.2 Å². The number of methoxy groups -OCH3 is 1. The van der Waals surface area contributed by atoms with Crippen LogP contribution < -0.4 is 5.32 Å². The molecule has 1 fully saturated rings. The summed E-state index contributed by atoms with van der Waals surface area (Å²) in [7, 11) is 1.28. The zero-order valence-electron chi connectivity index (χ0n) is 19.3. The van der Waals surface area contributed by atoms with Crippen molar-refractivity contribution in [2.45, 2.75) is 19.0 Å². The minimum Gasteiger partial charge on any atom is -0.453 e. The monoisotopic (exact) mass is 518 g/mol. The van der Waals surface area contributed by atoms with Crippen LogP contribution >= 0.6 is 0 Å². The van der Waals surface area contributed by atoms with E-state index in [1.807, 2.05) is 0 Å². The quantitative estimate of drug-likeness (QED) is 0.401. The second-order valence-corrected chi connectivity index (χ2v) is 8.40. The lowest BCUT2D eigenvalue weighted by Crippen LogP contribution is -2.48. The standard InChI is InChI=1S/C23H18F4N6O4/c1-11-15(24)5-12(21-30-19(31-37-21)13-9-32(10-13)22(35)36-2)6-16(11)29-20(34)17-8-28-18-7-14(23(25,26)27)3-4-33(17)18/h3-8,13H,9-10H2,1-2H3,(H,29,34). The van der Waals surface area contributed by atoms with Crippen molar-refractivity contribution in [1.29, 1.82) is 0 Å². The molecule has 1 aliphatic heterocycles. The first-order chi connectivity index (χ1) is 17.5. The molecule has 1 saturated heterocycles. The number of imidazole rings is 1. The highest BCUT2D eigenvalue weighted by molar-refractivity contribution is 6.04. The normalized spacial score (nSPS) is 14.1. The number of pyridine rings is 1. The van der Waals surface area contributed by atoms with Gasteiger partial charge in [0, 0.05) is 36.1 Å². The summed E-state index contributed by atoms with van der Waals surface area (Å²) in [6.07, 6.45) is -2.81. The Hall–Kier alpha value is -4.49. The SMILES string of the molecule is COC(=O)N1CC(c2noc(-c3cc(F)c(C)c(NC(=O)c4cnc5cc(C(F)(F)F)ccn45)c3)n2)C1. The van der Waals surface area contributed by atoms with Crippen molar-refractivity contribution in [1.82, 2.24) is 24.4 Å². The number of amides is 2. The maximum Gasteiger partial charge on any atom is 0.416 e. The Kier molecular flexibility index (Phi) is 5.80. The molecular formula is C23H18F4N6O4. The summed E-state index contributed by atoms with van der Waals surface area (Å²) in [6.45, 7) is 2.14. The Morgan fingerprint density at radius 2 is 1.97 bits per heavy atom. The van der Waals surface area contributed by atoms with Gasteiger partial charge in [-0.3, -0.25) is 9.20 Å². The molecule has 5 rings (SSSR count). The number of rotatable bonds is 4. The van der Waals surface area contributed by atoms with Gasteiger partial charge in [-0.25, -0.2) is 14.2 Å². The summed E-state index contributed by atoms with van der Waals surface area (Å²) in [5, 5.41) is 6.48. The Bertz CT molecular complexity index is 1520. The second-order valence-electron chi connectivity index (χ2n) is 8.40. The number of nitrogens with zero attached hydrogens (tertiary/aromatic N) is 5. The van der Waals surface area contributed by atoms with Crippen molar-refractivity contribution in [2.24, 2.45) is 0 Å². The largest absolute Gasteiger partial charge is 0.453 e. The molecule has 37 heavy (non-hydrogen) atoms. The van der Waals surface area contributed by atoms with Gasteiger partial charge in [-0.15, -0.1) is 0 Å². The molecule has 0 radical (unpaired) electrons. The lowest BCUT2D eigenvalue weighted by atomic mass is 10.0. The summed E-state index contributed by atoms with van der Waals surface area (Å²) in [4.78, 5) is 34.1. The van der Waals surface area contributed by atoms with Crippen molar-refractivity contribution in [2.75, 3.05) is 25.5 Å². The molecule has 192 valence electrons. The lowest BCUT2D eigenvalue weighted by molar-refractivity contribution is -0.137.